The largest absolute Gasteiger partial charge is 0.204 e. The molecule has 12 heavy (non-hydrogen) atoms. The smallest absolute Gasteiger partial charge is 0.178 e. The second-order valence-electron chi connectivity index (χ2n) is 2.21. The second kappa shape index (κ2) is 2.64. The van der Waals surface area contributed by atoms with E-state index in [9.17, 15) is 8.78 Å². The predicted molar refractivity (Wildman–Crippen MR) is 44.5 cm³/mol. The van der Waals surface area contributed by atoms with Crippen molar-refractivity contribution in [1.29, 1.82) is 0 Å². The quantitative estimate of drug-likeness (QED) is 0.644. The monoisotopic (exact) mass is 205 g/mol. The molecule has 0 bridgehead atoms. The molecule has 0 saturated carbocycles. The maximum Gasteiger partial charge on any atom is 0.178 e. The Balaban J connectivity index is 2.93. The summed E-state index contributed by atoms with van der Waals surface area (Å²) in [6, 6.07) is 2.46. The van der Waals surface area contributed by atoms with Crippen LogP contribution in [0.4, 0.5) is 8.78 Å². The molecule has 0 fully saturated rings. The van der Waals surface area contributed by atoms with Crippen molar-refractivity contribution >= 4 is 33.2 Å². The highest BCUT2D eigenvalue weighted by molar-refractivity contribution is 7.13. The lowest BCUT2D eigenvalue weighted by Gasteiger charge is -1.91. The molecule has 0 aliphatic heterocycles. The van der Waals surface area contributed by atoms with Crippen LogP contribution in [-0.2, 0) is 0 Å². The third kappa shape index (κ3) is 0.990. The summed E-state index contributed by atoms with van der Waals surface area (Å²) in [6.45, 7) is 0. The number of hydrogen-bond acceptors (Lipinski definition) is 2. The van der Waals surface area contributed by atoms with Crippen molar-refractivity contribution in [2.45, 2.75) is 0 Å². The Morgan fingerprint density at radius 2 is 2.08 bits per heavy atom. The van der Waals surface area contributed by atoms with Crippen molar-refractivity contribution in [2.75, 3.05) is 0 Å². The molecule has 0 aliphatic carbocycles. The van der Waals surface area contributed by atoms with Crippen molar-refractivity contribution < 1.29 is 8.78 Å². The summed E-state index contributed by atoms with van der Waals surface area (Å²) in [5.41, 5.74) is 0. The van der Waals surface area contributed by atoms with Crippen LogP contribution in [0.5, 0.6) is 0 Å². The molecule has 1 nitrogen and oxygen atoms in total. The summed E-state index contributed by atoms with van der Waals surface area (Å²) in [5.74, 6) is -1.75. The molecule has 5 heteroatoms. The molecule has 2 aromatic rings. The van der Waals surface area contributed by atoms with Gasteiger partial charge in [0.1, 0.15) is 0 Å². The van der Waals surface area contributed by atoms with Crippen LogP contribution < -0.4 is 0 Å². The molecule has 1 heterocycles. The van der Waals surface area contributed by atoms with Crippen LogP contribution in [0.15, 0.2) is 12.1 Å². The molecule has 2 rings (SSSR count). The van der Waals surface area contributed by atoms with Gasteiger partial charge in [0.2, 0.25) is 0 Å². The van der Waals surface area contributed by atoms with Crippen LogP contribution in [0.3, 0.4) is 0 Å². The van der Waals surface area contributed by atoms with Gasteiger partial charge in [-0.05, 0) is 23.7 Å². The van der Waals surface area contributed by atoms with E-state index in [1.54, 1.807) is 0 Å². The lowest BCUT2D eigenvalue weighted by Crippen LogP contribution is -1.81. The van der Waals surface area contributed by atoms with Crippen LogP contribution >= 0.6 is 23.1 Å². The molecule has 0 spiro atoms. The third-order valence-corrected chi connectivity index (χ3v) is 2.73. The van der Waals surface area contributed by atoms with E-state index in [-0.39, 0.29) is 9.85 Å². The van der Waals surface area contributed by atoms with Crippen molar-refractivity contribution in [1.82, 2.24) is 4.37 Å². The zero-order valence-electron chi connectivity index (χ0n) is 5.64. The standard InChI is InChI=1S/C7H2ClF2NS/c8-7-3-1-2-4(9)5(10)6(3)12-11-7/h1-2H. The molecule has 0 amide bonds. The van der Waals surface area contributed by atoms with E-state index in [1.807, 2.05) is 0 Å². The Bertz CT molecular complexity index is 440. The van der Waals surface area contributed by atoms with Gasteiger partial charge >= 0.3 is 0 Å². The summed E-state index contributed by atoms with van der Waals surface area (Å²) in [5, 5.41) is 0.675. The topological polar surface area (TPSA) is 12.9 Å². The average Bonchev–Trinajstić information content (AvgIpc) is 2.41. The minimum atomic E-state index is -0.878. The fourth-order valence-corrected chi connectivity index (χ4v) is 1.95. The summed E-state index contributed by atoms with van der Waals surface area (Å²) < 4.78 is 29.4. The number of rotatable bonds is 0. The van der Waals surface area contributed by atoms with E-state index in [0.29, 0.717) is 5.39 Å². The van der Waals surface area contributed by atoms with Gasteiger partial charge in [0.15, 0.2) is 16.8 Å². The first kappa shape index (κ1) is 7.89. The number of nitrogens with zero attached hydrogens (tertiary/aromatic N) is 1. The summed E-state index contributed by atoms with van der Waals surface area (Å²) in [7, 11) is 0. The molecule has 1 aromatic carbocycles. The normalized spacial score (nSPS) is 10.9. The first-order valence-corrected chi connectivity index (χ1v) is 4.24. The first-order valence-electron chi connectivity index (χ1n) is 3.09. The highest BCUT2D eigenvalue weighted by atomic mass is 35.5. The van der Waals surface area contributed by atoms with Gasteiger partial charge in [-0.15, -0.1) is 0 Å². The number of hydrogen-bond donors (Lipinski definition) is 0. The lowest BCUT2D eigenvalue weighted by molar-refractivity contribution is 0.518. The molecule has 0 radical (unpaired) electrons. The maximum atomic E-state index is 12.9. The van der Waals surface area contributed by atoms with Crippen molar-refractivity contribution in [3.63, 3.8) is 0 Å². The highest BCUT2D eigenvalue weighted by Crippen LogP contribution is 2.29. The van der Waals surface area contributed by atoms with Crippen molar-refractivity contribution in [3.8, 4) is 0 Å². The van der Waals surface area contributed by atoms with E-state index in [1.165, 1.54) is 6.07 Å². The molecule has 62 valence electrons. The van der Waals surface area contributed by atoms with Crippen LogP contribution in [0.1, 0.15) is 0 Å². The predicted octanol–water partition coefficient (Wildman–Crippen LogP) is 3.23. The Kier molecular flexibility index (Phi) is 1.73. The lowest BCUT2D eigenvalue weighted by atomic mass is 10.3. The van der Waals surface area contributed by atoms with Gasteiger partial charge in [-0.2, -0.15) is 4.37 Å². The van der Waals surface area contributed by atoms with Crippen molar-refractivity contribution in [3.05, 3.63) is 28.9 Å². The summed E-state index contributed by atoms with van der Waals surface area (Å²) >= 11 is 6.46. The van der Waals surface area contributed by atoms with Gasteiger partial charge in [0.25, 0.3) is 0 Å². The molecular weight excluding hydrogens is 204 g/mol. The van der Waals surface area contributed by atoms with Gasteiger partial charge in [0.05, 0.1) is 4.70 Å². The molecular formula is C7H2ClF2NS. The number of halogens is 3. The molecule has 0 atom stereocenters. The van der Waals surface area contributed by atoms with Gasteiger partial charge in [-0.1, -0.05) is 11.6 Å². The molecule has 0 N–H and O–H groups in total. The van der Waals surface area contributed by atoms with Gasteiger partial charge in [-0.25, -0.2) is 8.78 Å². The Morgan fingerprint density at radius 3 is 2.83 bits per heavy atom. The minimum Gasteiger partial charge on any atom is -0.204 e. The third-order valence-electron chi connectivity index (χ3n) is 1.49. The molecule has 1 aromatic heterocycles. The van der Waals surface area contributed by atoms with Crippen LogP contribution in [0, 0.1) is 11.6 Å². The van der Waals surface area contributed by atoms with E-state index in [4.69, 9.17) is 11.6 Å². The van der Waals surface area contributed by atoms with Crippen molar-refractivity contribution in [2.24, 2.45) is 0 Å². The number of fused-ring (bicyclic) bond motifs is 1. The zero-order valence-corrected chi connectivity index (χ0v) is 7.22. The summed E-state index contributed by atoms with van der Waals surface area (Å²) in [4.78, 5) is 0. The van der Waals surface area contributed by atoms with Crippen LogP contribution in [-0.4, -0.2) is 4.37 Å². The van der Waals surface area contributed by atoms with E-state index in [2.05, 4.69) is 4.37 Å². The zero-order chi connectivity index (χ0) is 8.72. The van der Waals surface area contributed by atoms with Gasteiger partial charge in [-0.3, -0.25) is 0 Å². The SMILES string of the molecule is Fc1ccc2c(Cl)nsc2c1F. The van der Waals surface area contributed by atoms with Crippen LogP contribution in [0.25, 0.3) is 10.1 Å². The van der Waals surface area contributed by atoms with E-state index in [0.717, 1.165) is 17.6 Å². The fourth-order valence-electron chi connectivity index (χ4n) is 0.919. The average molecular weight is 206 g/mol. The van der Waals surface area contributed by atoms with Gasteiger partial charge < -0.3 is 0 Å². The Morgan fingerprint density at radius 1 is 1.33 bits per heavy atom. The highest BCUT2D eigenvalue weighted by Gasteiger charge is 2.11. The van der Waals surface area contributed by atoms with Crippen LogP contribution in [0.2, 0.25) is 5.15 Å². The Hall–Kier alpha value is -0.740. The molecule has 0 aliphatic rings. The fraction of sp³-hybridized carbons (Fsp3) is 0. The molecule has 0 saturated heterocycles. The van der Waals surface area contributed by atoms with E-state index >= 15 is 0 Å². The number of aromatic nitrogens is 1. The first-order chi connectivity index (χ1) is 5.70. The molecule has 0 unspecified atom stereocenters. The van der Waals surface area contributed by atoms with E-state index < -0.39 is 11.6 Å². The second-order valence-corrected chi connectivity index (χ2v) is 3.34. The number of benzene rings is 1. The Labute approximate surface area is 75.7 Å². The minimum absolute atomic E-state index is 0.167. The van der Waals surface area contributed by atoms with Gasteiger partial charge in [0, 0.05) is 5.39 Å². The maximum absolute atomic E-state index is 12.9. The summed E-state index contributed by atoms with van der Waals surface area (Å²) in [6.07, 6.45) is 0.